The summed E-state index contributed by atoms with van der Waals surface area (Å²) in [5.74, 6) is -0.977. The SMILES string of the molecule is O=C1O[C@@H](Cn2ccnn2)CN1c1ccc(N2CC(O)CC2=O)c(F)c1. The number of nitrogens with zero attached hydrogens (tertiary/aromatic N) is 5. The Hall–Kier alpha value is -3.01. The molecule has 2 saturated heterocycles. The maximum atomic E-state index is 14.5. The van der Waals surface area contributed by atoms with Crippen molar-refractivity contribution < 1.29 is 23.8 Å². The fourth-order valence-electron chi connectivity index (χ4n) is 3.17. The first-order valence-corrected chi connectivity index (χ1v) is 8.11. The summed E-state index contributed by atoms with van der Waals surface area (Å²) in [5, 5.41) is 17.1. The van der Waals surface area contributed by atoms with Gasteiger partial charge in [0.05, 0.1) is 49.7 Å². The Morgan fingerprint density at radius 3 is 2.77 bits per heavy atom. The highest BCUT2D eigenvalue weighted by molar-refractivity contribution is 5.97. The van der Waals surface area contributed by atoms with Gasteiger partial charge in [-0.25, -0.2) is 13.9 Å². The molecule has 0 aliphatic carbocycles. The van der Waals surface area contributed by atoms with Crippen LogP contribution in [0, 0.1) is 5.82 Å². The summed E-state index contributed by atoms with van der Waals surface area (Å²) >= 11 is 0. The summed E-state index contributed by atoms with van der Waals surface area (Å²) < 4.78 is 21.3. The van der Waals surface area contributed by atoms with Gasteiger partial charge in [0.2, 0.25) is 5.91 Å². The molecule has 1 N–H and O–H groups in total. The van der Waals surface area contributed by atoms with E-state index in [0.29, 0.717) is 12.2 Å². The molecule has 0 saturated carbocycles. The highest BCUT2D eigenvalue weighted by Gasteiger charge is 2.34. The molecular weight excluding hydrogens is 345 g/mol. The van der Waals surface area contributed by atoms with Crippen molar-refractivity contribution in [2.45, 2.75) is 25.2 Å². The first-order valence-electron chi connectivity index (χ1n) is 8.11. The van der Waals surface area contributed by atoms with E-state index in [-0.39, 0.29) is 31.1 Å². The largest absolute Gasteiger partial charge is 0.442 e. The minimum atomic E-state index is -0.798. The molecule has 3 heterocycles. The van der Waals surface area contributed by atoms with Gasteiger partial charge in [0.25, 0.3) is 0 Å². The number of anilines is 2. The molecule has 26 heavy (non-hydrogen) atoms. The fraction of sp³-hybridized carbons (Fsp3) is 0.375. The number of aliphatic hydroxyl groups is 1. The van der Waals surface area contributed by atoms with Gasteiger partial charge in [-0.15, -0.1) is 5.10 Å². The van der Waals surface area contributed by atoms with E-state index in [1.165, 1.54) is 28.1 Å². The van der Waals surface area contributed by atoms with Crippen molar-refractivity contribution in [1.29, 1.82) is 0 Å². The summed E-state index contributed by atoms with van der Waals surface area (Å²) in [7, 11) is 0. The molecule has 2 aliphatic heterocycles. The second kappa shape index (κ2) is 6.37. The number of cyclic esters (lactones) is 1. The number of carbonyl (C=O) groups is 2. The van der Waals surface area contributed by atoms with Crippen molar-refractivity contribution in [3.05, 3.63) is 36.4 Å². The fourth-order valence-corrected chi connectivity index (χ4v) is 3.17. The van der Waals surface area contributed by atoms with Crippen molar-refractivity contribution in [1.82, 2.24) is 15.0 Å². The second-order valence-corrected chi connectivity index (χ2v) is 6.24. The second-order valence-electron chi connectivity index (χ2n) is 6.24. The van der Waals surface area contributed by atoms with Crippen LogP contribution in [0.5, 0.6) is 0 Å². The molecule has 1 aromatic heterocycles. The zero-order valence-electron chi connectivity index (χ0n) is 13.7. The maximum Gasteiger partial charge on any atom is 0.414 e. The van der Waals surface area contributed by atoms with Crippen LogP contribution in [0.4, 0.5) is 20.6 Å². The topological polar surface area (TPSA) is 101 Å². The Labute approximate surface area is 147 Å². The molecule has 136 valence electrons. The Kier molecular flexibility index (Phi) is 4.03. The lowest BCUT2D eigenvalue weighted by atomic mass is 10.2. The summed E-state index contributed by atoms with van der Waals surface area (Å²) in [5.41, 5.74) is 0.423. The molecule has 4 rings (SSSR count). The number of benzene rings is 1. The third-order valence-corrected chi connectivity index (χ3v) is 4.38. The number of carbonyl (C=O) groups excluding carboxylic acids is 2. The summed E-state index contributed by atoms with van der Waals surface area (Å²) in [6, 6.07) is 4.17. The van der Waals surface area contributed by atoms with Crippen molar-refractivity contribution in [2.75, 3.05) is 22.9 Å². The molecule has 0 spiro atoms. The molecular formula is C16H16FN5O4. The van der Waals surface area contributed by atoms with E-state index in [2.05, 4.69) is 10.3 Å². The molecule has 2 amide bonds. The molecule has 0 radical (unpaired) electrons. The van der Waals surface area contributed by atoms with E-state index in [4.69, 9.17) is 4.74 Å². The van der Waals surface area contributed by atoms with Crippen LogP contribution in [0.2, 0.25) is 0 Å². The van der Waals surface area contributed by atoms with Gasteiger partial charge in [0.1, 0.15) is 11.9 Å². The van der Waals surface area contributed by atoms with Gasteiger partial charge in [-0.2, -0.15) is 0 Å². The highest BCUT2D eigenvalue weighted by Crippen LogP contribution is 2.30. The maximum absolute atomic E-state index is 14.5. The van der Waals surface area contributed by atoms with Gasteiger partial charge in [-0.1, -0.05) is 5.21 Å². The minimum absolute atomic E-state index is 0.0242. The van der Waals surface area contributed by atoms with Crippen LogP contribution in [0.3, 0.4) is 0 Å². The molecule has 10 heteroatoms. The highest BCUT2D eigenvalue weighted by atomic mass is 19.1. The zero-order valence-corrected chi connectivity index (χ0v) is 13.7. The quantitative estimate of drug-likeness (QED) is 0.853. The van der Waals surface area contributed by atoms with Gasteiger partial charge in [0.15, 0.2) is 0 Å². The van der Waals surface area contributed by atoms with Crippen LogP contribution in [0.15, 0.2) is 30.6 Å². The number of aromatic nitrogens is 3. The van der Waals surface area contributed by atoms with Crippen molar-refractivity contribution in [2.24, 2.45) is 0 Å². The molecule has 2 aliphatic rings. The Balaban J connectivity index is 1.50. The number of aliphatic hydroxyl groups excluding tert-OH is 1. The molecule has 2 atom stereocenters. The number of amides is 2. The van der Waals surface area contributed by atoms with E-state index < -0.39 is 24.1 Å². The van der Waals surface area contributed by atoms with Crippen LogP contribution in [-0.4, -0.2) is 57.4 Å². The van der Waals surface area contributed by atoms with Crippen LogP contribution in [-0.2, 0) is 16.1 Å². The molecule has 1 unspecified atom stereocenters. The van der Waals surface area contributed by atoms with Gasteiger partial charge in [-0.05, 0) is 18.2 Å². The lowest BCUT2D eigenvalue weighted by Crippen LogP contribution is -2.28. The van der Waals surface area contributed by atoms with Gasteiger partial charge in [0, 0.05) is 6.20 Å². The number of hydrogen-bond acceptors (Lipinski definition) is 6. The van der Waals surface area contributed by atoms with Crippen LogP contribution < -0.4 is 9.80 Å². The minimum Gasteiger partial charge on any atom is -0.442 e. The summed E-state index contributed by atoms with van der Waals surface area (Å²) in [6.45, 7) is 0.655. The first kappa shape index (κ1) is 16.5. The van der Waals surface area contributed by atoms with E-state index >= 15 is 0 Å². The summed E-state index contributed by atoms with van der Waals surface area (Å²) in [6.07, 6.45) is 1.36. The molecule has 0 bridgehead atoms. The Bertz CT molecular complexity index is 843. The van der Waals surface area contributed by atoms with E-state index in [1.54, 1.807) is 16.9 Å². The van der Waals surface area contributed by atoms with Gasteiger partial charge in [-0.3, -0.25) is 9.69 Å². The zero-order chi connectivity index (χ0) is 18.3. The predicted octanol–water partition coefficient (Wildman–Crippen LogP) is 0.540. The standard InChI is InChI=1S/C16H16FN5O4/c17-13-5-10(1-2-14(13)22-7-11(23)6-15(22)24)21-9-12(26-16(21)25)8-20-4-3-18-19-20/h1-5,11-12,23H,6-9H2/t11?,12-/m0/s1. The number of halogens is 1. The van der Waals surface area contributed by atoms with Crippen LogP contribution in [0.1, 0.15) is 6.42 Å². The number of ether oxygens (including phenoxy) is 1. The number of rotatable bonds is 4. The van der Waals surface area contributed by atoms with E-state index in [1.807, 2.05) is 0 Å². The normalized spacial score (nSPS) is 23.0. The molecule has 9 nitrogen and oxygen atoms in total. The van der Waals surface area contributed by atoms with Crippen LogP contribution in [0.25, 0.3) is 0 Å². The predicted molar refractivity (Wildman–Crippen MR) is 87.0 cm³/mol. The Morgan fingerprint density at radius 1 is 1.27 bits per heavy atom. The Morgan fingerprint density at radius 2 is 2.12 bits per heavy atom. The third kappa shape index (κ3) is 2.99. The smallest absolute Gasteiger partial charge is 0.414 e. The summed E-state index contributed by atoms with van der Waals surface area (Å²) in [4.78, 5) is 26.5. The van der Waals surface area contributed by atoms with Crippen LogP contribution >= 0.6 is 0 Å². The van der Waals surface area contributed by atoms with Gasteiger partial charge >= 0.3 is 6.09 Å². The monoisotopic (exact) mass is 361 g/mol. The van der Waals surface area contributed by atoms with Crippen molar-refractivity contribution in [3.8, 4) is 0 Å². The first-order chi connectivity index (χ1) is 12.5. The lowest BCUT2D eigenvalue weighted by Gasteiger charge is -2.19. The molecule has 2 fully saturated rings. The van der Waals surface area contributed by atoms with E-state index in [9.17, 15) is 19.1 Å². The number of β-amino-alcohol motifs (C(OH)–C–C–N with tert-alkyl or cyclic N) is 1. The van der Waals surface area contributed by atoms with Crippen molar-refractivity contribution in [3.63, 3.8) is 0 Å². The lowest BCUT2D eigenvalue weighted by molar-refractivity contribution is -0.117. The third-order valence-electron chi connectivity index (χ3n) is 4.38. The molecule has 2 aromatic rings. The average molecular weight is 361 g/mol. The molecule has 1 aromatic carbocycles. The van der Waals surface area contributed by atoms with Crippen molar-refractivity contribution >= 4 is 23.4 Å². The van der Waals surface area contributed by atoms with E-state index in [0.717, 1.165) is 0 Å². The van der Waals surface area contributed by atoms with Gasteiger partial charge < -0.3 is 14.7 Å². The average Bonchev–Trinajstić information content (AvgIpc) is 3.29. The number of hydrogen-bond donors (Lipinski definition) is 1.